The average molecular weight is 384 g/mol. The van der Waals surface area contributed by atoms with Gasteiger partial charge in [0.25, 0.3) is 0 Å². The van der Waals surface area contributed by atoms with E-state index in [-0.39, 0.29) is 5.91 Å². The molecule has 25 heavy (non-hydrogen) atoms. The summed E-state index contributed by atoms with van der Waals surface area (Å²) in [5.41, 5.74) is 0.913. The summed E-state index contributed by atoms with van der Waals surface area (Å²) in [6.45, 7) is 4.65. The Labute approximate surface area is 160 Å². The van der Waals surface area contributed by atoms with Gasteiger partial charge in [0.15, 0.2) is 0 Å². The fraction of sp³-hybridized carbons (Fsp3) is 0.632. The Morgan fingerprint density at radius 3 is 2.56 bits per heavy atom. The molecule has 2 saturated heterocycles. The standard InChI is InChI=1S/C19H27Cl2N3O/c1-22(15-7-8-17(20)18(21)12-15)14-19(25)24-11-3-2-6-16(24)13-23-9-4-5-10-23/h7-8,12,16H,2-6,9-11,13-14H2,1H3/t16-/m1/s1. The predicted octanol–water partition coefficient (Wildman–Crippen LogP) is 3.91. The van der Waals surface area contributed by atoms with Crippen LogP contribution in [0.3, 0.4) is 0 Å². The largest absolute Gasteiger partial charge is 0.365 e. The Morgan fingerprint density at radius 1 is 1.12 bits per heavy atom. The summed E-state index contributed by atoms with van der Waals surface area (Å²) >= 11 is 12.1. The summed E-state index contributed by atoms with van der Waals surface area (Å²) in [5, 5.41) is 1.05. The third-order valence-corrected chi connectivity index (χ3v) is 6.07. The van der Waals surface area contributed by atoms with E-state index in [0.29, 0.717) is 22.6 Å². The summed E-state index contributed by atoms with van der Waals surface area (Å²) < 4.78 is 0. The van der Waals surface area contributed by atoms with Crippen molar-refractivity contribution in [2.24, 2.45) is 0 Å². The fourth-order valence-corrected chi connectivity index (χ4v) is 4.18. The predicted molar refractivity (Wildman–Crippen MR) is 105 cm³/mol. The van der Waals surface area contributed by atoms with Crippen LogP contribution in [-0.4, -0.2) is 61.5 Å². The Balaban J connectivity index is 1.61. The van der Waals surface area contributed by atoms with Crippen LogP contribution in [0.2, 0.25) is 10.0 Å². The Hall–Kier alpha value is -0.970. The topological polar surface area (TPSA) is 26.8 Å². The number of benzene rings is 1. The maximum atomic E-state index is 12.9. The first-order valence-corrected chi connectivity index (χ1v) is 9.98. The third kappa shape index (κ3) is 4.81. The maximum Gasteiger partial charge on any atom is 0.242 e. The second-order valence-electron chi connectivity index (χ2n) is 7.20. The van der Waals surface area contributed by atoms with Gasteiger partial charge in [-0.25, -0.2) is 0 Å². The molecule has 138 valence electrons. The molecule has 0 aromatic heterocycles. The molecule has 0 spiro atoms. The van der Waals surface area contributed by atoms with Crippen molar-refractivity contribution < 1.29 is 4.79 Å². The first-order chi connectivity index (χ1) is 12.0. The molecule has 0 N–H and O–H groups in total. The molecule has 1 aromatic rings. The van der Waals surface area contributed by atoms with Gasteiger partial charge >= 0.3 is 0 Å². The van der Waals surface area contributed by atoms with Crippen LogP contribution < -0.4 is 4.90 Å². The maximum absolute atomic E-state index is 12.9. The van der Waals surface area contributed by atoms with E-state index in [1.54, 1.807) is 6.07 Å². The molecule has 0 bridgehead atoms. The minimum atomic E-state index is 0.206. The molecule has 3 rings (SSSR count). The van der Waals surface area contributed by atoms with Gasteiger partial charge in [0.05, 0.1) is 16.6 Å². The number of hydrogen-bond donors (Lipinski definition) is 0. The highest BCUT2D eigenvalue weighted by Crippen LogP contribution is 2.27. The molecule has 1 amide bonds. The molecule has 6 heteroatoms. The lowest BCUT2D eigenvalue weighted by atomic mass is 10.0. The van der Waals surface area contributed by atoms with Crippen LogP contribution in [0.15, 0.2) is 18.2 Å². The van der Waals surface area contributed by atoms with E-state index in [1.165, 1.54) is 32.4 Å². The number of amides is 1. The van der Waals surface area contributed by atoms with E-state index in [2.05, 4.69) is 9.80 Å². The van der Waals surface area contributed by atoms with Gasteiger partial charge in [-0.15, -0.1) is 0 Å². The van der Waals surface area contributed by atoms with Gasteiger partial charge in [-0.3, -0.25) is 4.79 Å². The van der Waals surface area contributed by atoms with Crippen LogP contribution in [0.4, 0.5) is 5.69 Å². The minimum Gasteiger partial charge on any atom is -0.365 e. The van der Waals surface area contributed by atoms with Crippen LogP contribution in [-0.2, 0) is 4.79 Å². The molecule has 2 heterocycles. The molecule has 1 atom stereocenters. The summed E-state index contributed by atoms with van der Waals surface area (Å²) in [5.74, 6) is 0.206. The van der Waals surface area contributed by atoms with E-state index in [0.717, 1.165) is 31.6 Å². The molecule has 0 saturated carbocycles. The zero-order chi connectivity index (χ0) is 17.8. The normalized spacial score (nSPS) is 21.6. The number of carbonyl (C=O) groups is 1. The van der Waals surface area contributed by atoms with Crippen molar-refractivity contribution in [2.75, 3.05) is 44.7 Å². The number of likely N-dealkylation sites (N-methyl/N-ethyl adjacent to an activating group) is 1. The highest BCUT2D eigenvalue weighted by Gasteiger charge is 2.29. The van der Waals surface area contributed by atoms with E-state index in [1.807, 2.05) is 24.1 Å². The van der Waals surface area contributed by atoms with Crippen molar-refractivity contribution in [3.05, 3.63) is 28.2 Å². The molecule has 0 unspecified atom stereocenters. The van der Waals surface area contributed by atoms with E-state index in [4.69, 9.17) is 23.2 Å². The molecule has 2 aliphatic rings. The third-order valence-electron chi connectivity index (χ3n) is 5.33. The van der Waals surface area contributed by atoms with Crippen molar-refractivity contribution in [3.63, 3.8) is 0 Å². The second-order valence-corrected chi connectivity index (χ2v) is 8.01. The molecule has 4 nitrogen and oxygen atoms in total. The molecular formula is C19H27Cl2N3O. The number of anilines is 1. The molecular weight excluding hydrogens is 357 g/mol. The molecule has 1 aromatic carbocycles. The van der Waals surface area contributed by atoms with Crippen LogP contribution in [0, 0.1) is 0 Å². The number of carbonyl (C=O) groups excluding carboxylic acids is 1. The lowest BCUT2D eigenvalue weighted by Crippen LogP contribution is -2.51. The van der Waals surface area contributed by atoms with Crippen molar-refractivity contribution in [1.82, 2.24) is 9.80 Å². The van der Waals surface area contributed by atoms with Gasteiger partial charge in [-0.2, -0.15) is 0 Å². The first-order valence-electron chi connectivity index (χ1n) is 9.22. The SMILES string of the molecule is CN(CC(=O)N1CCCC[C@@H]1CN1CCCC1)c1ccc(Cl)c(Cl)c1. The van der Waals surface area contributed by atoms with Gasteiger partial charge in [0.1, 0.15) is 0 Å². The highest BCUT2D eigenvalue weighted by atomic mass is 35.5. The number of piperidine rings is 1. The summed E-state index contributed by atoms with van der Waals surface area (Å²) in [4.78, 5) is 19.5. The minimum absolute atomic E-state index is 0.206. The molecule has 0 radical (unpaired) electrons. The lowest BCUT2D eigenvalue weighted by molar-refractivity contribution is -0.133. The van der Waals surface area contributed by atoms with Gasteiger partial charge in [-0.05, 0) is 63.4 Å². The Bertz CT molecular complexity index is 604. The summed E-state index contributed by atoms with van der Waals surface area (Å²) in [6, 6.07) is 5.85. The van der Waals surface area contributed by atoms with E-state index >= 15 is 0 Å². The van der Waals surface area contributed by atoms with Crippen LogP contribution in [0.5, 0.6) is 0 Å². The Morgan fingerprint density at radius 2 is 1.84 bits per heavy atom. The quantitative estimate of drug-likeness (QED) is 0.770. The van der Waals surface area contributed by atoms with E-state index < -0.39 is 0 Å². The van der Waals surface area contributed by atoms with Crippen molar-refractivity contribution in [2.45, 2.75) is 38.1 Å². The van der Waals surface area contributed by atoms with Crippen LogP contribution in [0.25, 0.3) is 0 Å². The highest BCUT2D eigenvalue weighted by molar-refractivity contribution is 6.42. The summed E-state index contributed by atoms with van der Waals surface area (Å²) in [6.07, 6.45) is 6.05. The number of rotatable bonds is 5. The molecule has 2 aliphatic heterocycles. The van der Waals surface area contributed by atoms with Gasteiger partial charge < -0.3 is 14.7 Å². The van der Waals surface area contributed by atoms with E-state index in [9.17, 15) is 4.79 Å². The first kappa shape index (κ1) is 18.8. The zero-order valence-electron chi connectivity index (χ0n) is 14.9. The molecule has 2 fully saturated rings. The van der Waals surface area contributed by atoms with Crippen molar-refractivity contribution >= 4 is 34.8 Å². The fourth-order valence-electron chi connectivity index (χ4n) is 3.89. The van der Waals surface area contributed by atoms with Gasteiger partial charge in [0.2, 0.25) is 5.91 Å². The van der Waals surface area contributed by atoms with Crippen LogP contribution in [0.1, 0.15) is 32.1 Å². The summed E-state index contributed by atoms with van der Waals surface area (Å²) in [7, 11) is 1.93. The van der Waals surface area contributed by atoms with Crippen molar-refractivity contribution in [3.8, 4) is 0 Å². The number of halogens is 2. The van der Waals surface area contributed by atoms with Crippen molar-refractivity contribution in [1.29, 1.82) is 0 Å². The zero-order valence-corrected chi connectivity index (χ0v) is 16.4. The number of likely N-dealkylation sites (tertiary alicyclic amines) is 2. The number of hydrogen-bond acceptors (Lipinski definition) is 3. The Kier molecular flexibility index (Phi) is 6.48. The van der Waals surface area contributed by atoms with Gasteiger partial charge in [0, 0.05) is 31.9 Å². The number of nitrogens with zero attached hydrogens (tertiary/aromatic N) is 3. The monoisotopic (exact) mass is 383 g/mol. The second kappa shape index (κ2) is 8.61. The smallest absolute Gasteiger partial charge is 0.242 e. The average Bonchev–Trinajstić information content (AvgIpc) is 3.10. The van der Waals surface area contributed by atoms with Gasteiger partial charge in [-0.1, -0.05) is 23.2 Å². The van der Waals surface area contributed by atoms with Crippen LogP contribution >= 0.6 is 23.2 Å². The molecule has 0 aliphatic carbocycles. The lowest BCUT2D eigenvalue weighted by Gasteiger charge is -2.38.